The summed E-state index contributed by atoms with van der Waals surface area (Å²) in [6.45, 7) is 1.03. The van der Waals surface area contributed by atoms with Gasteiger partial charge in [-0.05, 0) is 60.4 Å². The number of ether oxygens (including phenoxy) is 3. The third kappa shape index (κ3) is 3.12. The van der Waals surface area contributed by atoms with Crippen LogP contribution in [0, 0.1) is 11.7 Å². The average Bonchev–Trinajstić information content (AvgIpc) is 3.08. The highest BCUT2D eigenvalue weighted by Crippen LogP contribution is 2.43. The van der Waals surface area contributed by atoms with Crippen molar-refractivity contribution in [2.24, 2.45) is 5.92 Å². The highest BCUT2D eigenvalue weighted by molar-refractivity contribution is 5.54. The minimum atomic E-state index is -0.279. The Bertz CT molecular complexity index is 778. The Hall–Kier alpha value is -2.76. The van der Waals surface area contributed by atoms with Gasteiger partial charge in [0, 0.05) is 11.6 Å². The minimum Gasteiger partial charge on any atom is -0.468 e. The van der Waals surface area contributed by atoms with Gasteiger partial charge in [-0.25, -0.2) is 4.39 Å². The van der Waals surface area contributed by atoms with E-state index in [1.807, 2.05) is 12.1 Å². The molecular weight excluding hydrogens is 325 g/mol. The van der Waals surface area contributed by atoms with Gasteiger partial charge < -0.3 is 19.5 Å². The fourth-order valence-electron chi connectivity index (χ4n) is 3.53. The highest BCUT2D eigenvalue weighted by atomic mass is 19.1. The van der Waals surface area contributed by atoms with E-state index in [0.717, 1.165) is 35.6 Å². The number of hydrogen-bond donors (Lipinski definition) is 1. The topological polar surface area (TPSA) is 56.8 Å². The van der Waals surface area contributed by atoms with Crippen molar-refractivity contribution in [3.05, 3.63) is 53.3 Å². The molecule has 0 saturated heterocycles. The normalized spacial score (nSPS) is 20.7. The molecule has 0 fully saturated rings. The number of hydrogen-bond acceptors (Lipinski definition) is 5. The first-order chi connectivity index (χ1) is 12.2. The van der Waals surface area contributed by atoms with E-state index in [-0.39, 0.29) is 24.6 Å². The summed E-state index contributed by atoms with van der Waals surface area (Å²) in [6, 6.07) is 10.2. The molecule has 1 aliphatic heterocycles. The van der Waals surface area contributed by atoms with Crippen LogP contribution in [0.4, 0.5) is 10.1 Å². The first kappa shape index (κ1) is 15.7. The van der Waals surface area contributed by atoms with Crippen molar-refractivity contribution in [2.75, 3.05) is 18.7 Å². The first-order valence-corrected chi connectivity index (χ1v) is 8.24. The summed E-state index contributed by atoms with van der Waals surface area (Å²) in [5.74, 6) is 1.32. The zero-order chi connectivity index (χ0) is 17.2. The number of aryl methyl sites for hydroxylation is 1. The van der Waals surface area contributed by atoms with E-state index < -0.39 is 0 Å². The van der Waals surface area contributed by atoms with Gasteiger partial charge in [-0.1, -0.05) is 0 Å². The second-order valence-electron chi connectivity index (χ2n) is 6.26. The van der Waals surface area contributed by atoms with Gasteiger partial charge in [0.1, 0.15) is 5.82 Å². The summed E-state index contributed by atoms with van der Waals surface area (Å²) in [7, 11) is 0. The predicted molar refractivity (Wildman–Crippen MR) is 89.2 cm³/mol. The van der Waals surface area contributed by atoms with Crippen LogP contribution in [0.25, 0.3) is 0 Å². The Morgan fingerprint density at radius 1 is 1.20 bits per heavy atom. The lowest BCUT2D eigenvalue weighted by Gasteiger charge is -2.34. The molecule has 0 radical (unpaired) electrons. The average molecular weight is 343 g/mol. The van der Waals surface area contributed by atoms with Crippen molar-refractivity contribution in [1.82, 2.24) is 0 Å². The number of carbonyl (C=O) groups excluding carboxylic acids is 1. The van der Waals surface area contributed by atoms with Crippen LogP contribution in [0.3, 0.4) is 0 Å². The zero-order valence-electron chi connectivity index (χ0n) is 13.5. The number of anilines is 1. The zero-order valence-corrected chi connectivity index (χ0v) is 13.5. The molecule has 130 valence electrons. The summed E-state index contributed by atoms with van der Waals surface area (Å²) in [6.07, 6.45) is 1.75. The number of halogens is 1. The molecule has 4 rings (SSSR count). The van der Waals surface area contributed by atoms with Crippen molar-refractivity contribution < 1.29 is 23.4 Å². The number of benzene rings is 2. The summed E-state index contributed by atoms with van der Waals surface area (Å²) in [5.41, 5.74) is 3.10. The summed E-state index contributed by atoms with van der Waals surface area (Å²) in [5, 5.41) is 3.46. The molecule has 0 saturated carbocycles. The van der Waals surface area contributed by atoms with E-state index >= 15 is 0 Å². The fraction of sp³-hybridized carbons (Fsp3) is 0.316. The molecule has 1 N–H and O–H groups in total. The lowest BCUT2D eigenvalue weighted by atomic mass is 9.79. The molecular formula is C19H18FNO4. The first-order valence-electron chi connectivity index (χ1n) is 8.24. The molecule has 2 aliphatic rings. The SMILES string of the molecule is O=COC[C@H]1CCc2cc3c(cc2C1Nc1ccc(F)cc1)OCO3. The van der Waals surface area contributed by atoms with Gasteiger partial charge in [0.25, 0.3) is 6.47 Å². The van der Waals surface area contributed by atoms with Crippen LogP contribution < -0.4 is 14.8 Å². The van der Waals surface area contributed by atoms with Gasteiger partial charge in [-0.15, -0.1) is 0 Å². The van der Waals surface area contributed by atoms with Crippen LogP contribution in [0.5, 0.6) is 11.5 Å². The monoisotopic (exact) mass is 343 g/mol. The molecule has 0 bridgehead atoms. The molecule has 0 aromatic heterocycles. The standard InChI is InChI=1S/C19H18FNO4/c20-14-3-5-15(6-4-14)21-19-13(9-23-10-22)2-1-12-7-17-18(8-16(12)19)25-11-24-17/h3-8,10,13,19,21H,1-2,9,11H2/t13-,19?/m1/s1. The van der Waals surface area contributed by atoms with Crippen molar-refractivity contribution >= 4 is 12.2 Å². The van der Waals surface area contributed by atoms with E-state index in [1.165, 1.54) is 17.7 Å². The third-order valence-corrected chi connectivity index (χ3v) is 4.77. The maximum absolute atomic E-state index is 13.2. The van der Waals surface area contributed by atoms with E-state index in [0.29, 0.717) is 13.1 Å². The van der Waals surface area contributed by atoms with Gasteiger partial charge in [0.2, 0.25) is 6.79 Å². The Labute approximate surface area is 144 Å². The Morgan fingerprint density at radius 3 is 2.72 bits per heavy atom. The summed E-state index contributed by atoms with van der Waals surface area (Å²) in [4.78, 5) is 10.6. The molecule has 2 aromatic carbocycles. The number of nitrogens with one attached hydrogen (secondary N) is 1. The fourth-order valence-corrected chi connectivity index (χ4v) is 3.53. The van der Waals surface area contributed by atoms with Gasteiger partial charge in [0.05, 0.1) is 12.6 Å². The van der Waals surface area contributed by atoms with Gasteiger partial charge in [-0.3, -0.25) is 4.79 Å². The number of rotatable bonds is 5. The second kappa shape index (κ2) is 6.63. The quantitative estimate of drug-likeness (QED) is 0.843. The van der Waals surface area contributed by atoms with E-state index in [2.05, 4.69) is 5.32 Å². The smallest absolute Gasteiger partial charge is 0.293 e. The molecule has 6 heteroatoms. The summed E-state index contributed by atoms with van der Waals surface area (Å²) < 4.78 is 29.2. The minimum absolute atomic E-state index is 0.0661. The molecule has 1 unspecified atom stereocenters. The third-order valence-electron chi connectivity index (χ3n) is 4.77. The van der Waals surface area contributed by atoms with Gasteiger partial charge >= 0.3 is 0 Å². The Kier molecular flexibility index (Phi) is 4.17. The van der Waals surface area contributed by atoms with E-state index in [4.69, 9.17) is 14.2 Å². The number of carbonyl (C=O) groups is 1. The predicted octanol–water partition coefficient (Wildman–Crippen LogP) is 3.44. The highest BCUT2D eigenvalue weighted by Gasteiger charge is 2.32. The lowest BCUT2D eigenvalue weighted by Crippen LogP contribution is -2.30. The van der Waals surface area contributed by atoms with Crippen molar-refractivity contribution in [1.29, 1.82) is 0 Å². The van der Waals surface area contributed by atoms with Crippen molar-refractivity contribution in [3.63, 3.8) is 0 Å². The Balaban J connectivity index is 1.68. The van der Waals surface area contributed by atoms with E-state index in [9.17, 15) is 9.18 Å². The Morgan fingerprint density at radius 2 is 1.96 bits per heavy atom. The maximum Gasteiger partial charge on any atom is 0.293 e. The number of fused-ring (bicyclic) bond motifs is 2. The van der Waals surface area contributed by atoms with Crippen LogP contribution >= 0.6 is 0 Å². The molecule has 1 heterocycles. The van der Waals surface area contributed by atoms with Crippen molar-refractivity contribution in [2.45, 2.75) is 18.9 Å². The lowest BCUT2D eigenvalue weighted by molar-refractivity contribution is -0.130. The maximum atomic E-state index is 13.2. The summed E-state index contributed by atoms with van der Waals surface area (Å²) >= 11 is 0. The van der Waals surface area contributed by atoms with Crippen LogP contribution in [0.1, 0.15) is 23.6 Å². The second-order valence-corrected chi connectivity index (χ2v) is 6.26. The van der Waals surface area contributed by atoms with Crippen LogP contribution in [0.2, 0.25) is 0 Å². The van der Waals surface area contributed by atoms with Crippen molar-refractivity contribution in [3.8, 4) is 11.5 Å². The molecule has 25 heavy (non-hydrogen) atoms. The van der Waals surface area contributed by atoms with Crippen LogP contribution in [-0.4, -0.2) is 19.9 Å². The molecule has 5 nitrogen and oxygen atoms in total. The molecule has 0 amide bonds. The molecule has 0 spiro atoms. The molecule has 2 atom stereocenters. The largest absolute Gasteiger partial charge is 0.468 e. The van der Waals surface area contributed by atoms with Crippen LogP contribution in [0.15, 0.2) is 36.4 Å². The molecule has 1 aliphatic carbocycles. The van der Waals surface area contributed by atoms with E-state index in [1.54, 1.807) is 12.1 Å². The van der Waals surface area contributed by atoms with Gasteiger partial charge in [-0.2, -0.15) is 0 Å². The molecule has 2 aromatic rings. The van der Waals surface area contributed by atoms with Crippen LogP contribution in [-0.2, 0) is 16.0 Å². The van der Waals surface area contributed by atoms with Gasteiger partial charge in [0.15, 0.2) is 11.5 Å².